The van der Waals surface area contributed by atoms with Gasteiger partial charge in [-0.15, -0.1) is 0 Å². The molecule has 0 amide bonds. The van der Waals surface area contributed by atoms with Gasteiger partial charge in [0.2, 0.25) is 0 Å². The van der Waals surface area contributed by atoms with Crippen LogP contribution in [0.5, 0.6) is 0 Å². The highest BCUT2D eigenvalue weighted by atomic mass is 32.2. The van der Waals surface area contributed by atoms with Gasteiger partial charge in [-0.25, -0.2) is 14.3 Å². The monoisotopic (exact) mass is 347 g/mol. The molecule has 1 aliphatic carbocycles. The van der Waals surface area contributed by atoms with Gasteiger partial charge in [0.1, 0.15) is 17.8 Å². The van der Waals surface area contributed by atoms with Crippen LogP contribution in [0.25, 0.3) is 11.0 Å². The van der Waals surface area contributed by atoms with Crippen LogP contribution < -0.4 is 4.90 Å². The molecule has 1 atom stereocenters. The molecular formula is C17H25N5OS. The third kappa shape index (κ3) is 3.12. The molecule has 1 saturated heterocycles. The molecule has 1 unspecified atom stereocenters. The number of ether oxygens (including phenoxy) is 1. The molecule has 24 heavy (non-hydrogen) atoms. The van der Waals surface area contributed by atoms with Gasteiger partial charge in [0.25, 0.3) is 0 Å². The molecule has 2 fully saturated rings. The van der Waals surface area contributed by atoms with Gasteiger partial charge in [-0.05, 0) is 38.3 Å². The summed E-state index contributed by atoms with van der Waals surface area (Å²) < 4.78 is 7.88. The lowest BCUT2D eigenvalue weighted by Gasteiger charge is -2.42. The molecule has 0 bridgehead atoms. The first-order chi connectivity index (χ1) is 11.7. The summed E-state index contributed by atoms with van der Waals surface area (Å²) in [6.07, 6.45) is 7.23. The van der Waals surface area contributed by atoms with Crippen molar-refractivity contribution in [3.63, 3.8) is 0 Å². The van der Waals surface area contributed by atoms with E-state index in [0.717, 1.165) is 36.0 Å². The summed E-state index contributed by atoms with van der Waals surface area (Å²) >= 11 is 1.98. The van der Waals surface area contributed by atoms with Gasteiger partial charge >= 0.3 is 0 Å². The zero-order valence-electron chi connectivity index (χ0n) is 14.3. The predicted molar refractivity (Wildman–Crippen MR) is 98.2 cm³/mol. The second-order valence-electron chi connectivity index (χ2n) is 6.90. The van der Waals surface area contributed by atoms with Crippen LogP contribution in [0, 0.1) is 5.92 Å². The van der Waals surface area contributed by atoms with E-state index in [1.807, 2.05) is 18.1 Å². The van der Waals surface area contributed by atoms with Gasteiger partial charge in [-0.3, -0.25) is 0 Å². The number of fused-ring (bicyclic) bond motifs is 1. The summed E-state index contributed by atoms with van der Waals surface area (Å²) in [5, 5.41) is 1.11. The van der Waals surface area contributed by atoms with Crippen molar-refractivity contribution in [2.24, 2.45) is 5.92 Å². The summed E-state index contributed by atoms with van der Waals surface area (Å²) in [6.45, 7) is 1.80. The molecule has 2 aliphatic rings. The summed E-state index contributed by atoms with van der Waals surface area (Å²) in [5.74, 6) is 3.05. The van der Waals surface area contributed by atoms with Crippen LogP contribution in [0.1, 0.15) is 19.3 Å². The normalized spacial score (nSPS) is 26.9. The molecule has 0 spiro atoms. The summed E-state index contributed by atoms with van der Waals surface area (Å²) in [7, 11) is 4.36. The SMILES string of the molecule is CN(SCC1CC(N(C)c2ncnc3[nH]ccc23)C1)C1CCOC1. The Kier molecular flexibility index (Phi) is 4.65. The van der Waals surface area contributed by atoms with E-state index >= 15 is 0 Å². The van der Waals surface area contributed by atoms with Crippen LogP contribution in [0.3, 0.4) is 0 Å². The number of H-pyrrole nitrogens is 1. The molecule has 1 aliphatic heterocycles. The Morgan fingerprint density at radius 1 is 1.29 bits per heavy atom. The van der Waals surface area contributed by atoms with Gasteiger partial charge in [0.15, 0.2) is 0 Å². The molecule has 1 saturated carbocycles. The van der Waals surface area contributed by atoms with Gasteiger partial charge in [0, 0.05) is 37.7 Å². The Morgan fingerprint density at radius 3 is 2.96 bits per heavy atom. The minimum absolute atomic E-state index is 0.587. The largest absolute Gasteiger partial charge is 0.380 e. The Balaban J connectivity index is 1.28. The van der Waals surface area contributed by atoms with Crippen LogP contribution in [-0.4, -0.2) is 64.4 Å². The first-order valence-corrected chi connectivity index (χ1v) is 9.61. The minimum atomic E-state index is 0.587. The Hall–Kier alpha value is -1.31. The number of nitrogens with one attached hydrogen (secondary N) is 1. The Morgan fingerprint density at radius 2 is 2.17 bits per heavy atom. The molecule has 0 aromatic carbocycles. The fourth-order valence-electron chi connectivity index (χ4n) is 3.60. The average Bonchev–Trinajstić information content (AvgIpc) is 3.23. The number of anilines is 1. The van der Waals surface area contributed by atoms with E-state index in [1.54, 1.807) is 6.33 Å². The van der Waals surface area contributed by atoms with E-state index in [1.165, 1.54) is 25.0 Å². The number of aromatic nitrogens is 3. The fourth-order valence-corrected chi connectivity index (χ4v) is 4.70. The molecule has 130 valence electrons. The fraction of sp³-hybridized carbons (Fsp3) is 0.647. The van der Waals surface area contributed by atoms with E-state index in [2.05, 4.69) is 44.3 Å². The van der Waals surface area contributed by atoms with Crippen LogP contribution in [0.2, 0.25) is 0 Å². The van der Waals surface area contributed by atoms with Crippen molar-refractivity contribution >= 4 is 28.8 Å². The van der Waals surface area contributed by atoms with Crippen molar-refractivity contribution in [3.05, 3.63) is 18.6 Å². The highest BCUT2D eigenvalue weighted by Gasteiger charge is 2.34. The predicted octanol–water partition coefficient (Wildman–Crippen LogP) is 2.54. The van der Waals surface area contributed by atoms with E-state index in [-0.39, 0.29) is 0 Å². The van der Waals surface area contributed by atoms with Gasteiger partial charge < -0.3 is 14.6 Å². The van der Waals surface area contributed by atoms with Crippen molar-refractivity contribution in [1.29, 1.82) is 0 Å². The maximum atomic E-state index is 5.48. The maximum Gasteiger partial charge on any atom is 0.142 e. The van der Waals surface area contributed by atoms with E-state index in [4.69, 9.17) is 4.74 Å². The van der Waals surface area contributed by atoms with Crippen LogP contribution in [0.4, 0.5) is 5.82 Å². The van der Waals surface area contributed by atoms with Crippen molar-refractivity contribution in [3.8, 4) is 0 Å². The molecule has 2 aromatic rings. The van der Waals surface area contributed by atoms with Crippen molar-refractivity contribution < 1.29 is 4.74 Å². The van der Waals surface area contributed by atoms with Gasteiger partial charge in [0.05, 0.1) is 12.0 Å². The number of hydrogen-bond donors (Lipinski definition) is 1. The van der Waals surface area contributed by atoms with Gasteiger partial charge in [-0.2, -0.15) is 0 Å². The summed E-state index contributed by atoms with van der Waals surface area (Å²) in [5.41, 5.74) is 0.915. The molecule has 1 N–H and O–H groups in total. The topological polar surface area (TPSA) is 57.3 Å². The van der Waals surface area contributed by atoms with E-state index in [9.17, 15) is 0 Å². The molecule has 7 heteroatoms. The van der Waals surface area contributed by atoms with E-state index in [0.29, 0.717) is 12.1 Å². The third-order valence-electron chi connectivity index (χ3n) is 5.36. The van der Waals surface area contributed by atoms with Crippen LogP contribution in [-0.2, 0) is 4.74 Å². The standard InChI is InChI=1S/C17H25N5OS/c1-21(17-15-3-5-18-16(15)19-11-20-17)14-7-12(8-14)10-24-22(2)13-4-6-23-9-13/h3,5,11-14H,4,6-10H2,1-2H3,(H,18,19,20). The maximum absolute atomic E-state index is 5.48. The molecule has 0 radical (unpaired) electrons. The smallest absolute Gasteiger partial charge is 0.142 e. The van der Waals surface area contributed by atoms with Crippen molar-refractivity contribution in [1.82, 2.24) is 19.3 Å². The van der Waals surface area contributed by atoms with Crippen molar-refractivity contribution in [2.75, 3.05) is 38.0 Å². The van der Waals surface area contributed by atoms with Gasteiger partial charge in [-0.1, -0.05) is 11.9 Å². The Bertz CT molecular complexity index is 680. The first kappa shape index (κ1) is 16.2. The number of likely N-dealkylation sites (N-methyl/N-ethyl adjacent to an activating group) is 1. The highest BCUT2D eigenvalue weighted by molar-refractivity contribution is 7.97. The zero-order valence-corrected chi connectivity index (χ0v) is 15.1. The third-order valence-corrected chi connectivity index (χ3v) is 6.69. The lowest BCUT2D eigenvalue weighted by atomic mass is 9.81. The zero-order chi connectivity index (χ0) is 16.5. The number of aromatic amines is 1. The lowest BCUT2D eigenvalue weighted by Crippen LogP contribution is -2.44. The van der Waals surface area contributed by atoms with Crippen molar-refractivity contribution in [2.45, 2.75) is 31.3 Å². The number of nitrogens with zero attached hydrogens (tertiary/aromatic N) is 4. The minimum Gasteiger partial charge on any atom is -0.380 e. The first-order valence-electron chi connectivity index (χ1n) is 8.67. The van der Waals surface area contributed by atoms with Crippen LogP contribution >= 0.6 is 11.9 Å². The van der Waals surface area contributed by atoms with E-state index < -0.39 is 0 Å². The van der Waals surface area contributed by atoms with Crippen LogP contribution in [0.15, 0.2) is 18.6 Å². The highest BCUT2D eigenvalue weighted by Crippen LogP contribution is 2.37. The summed E-state index contributed by atoms with van der Waals surface area (Å²) in [4.78, 5) is 14.3. The second-order valence-corrected chi connectivity index (χ2v) is 8.07. The molecular weight excluding hydrogens is 322 g/mol. The molecule has 3 heterocycles. The molecule has 6 nitrogen and oxygen atoms in total. The number of rotatable bonds is 6. The molecule has 2 aromatic heterocycles. The molecule has 4 rings (SSSR count). The lowest BCUT2D eigenvalue weighted by molar-refractivity contribution is 0.182. The Labute approximate surface area is 147 Å². The second kappa shape index (κ2) is 6.90. The average molecular weight is 347 g/mol. The number of hydrogen-bond acceptors (Lipinski definition) is 6. The summed E-state index contributed by atoms with van der Waals surface area (Å²) in [6, 6.07) is 3.24. The quantitative estimate of drug-likeness (QED) is 0.811.